The van der Waals surface area contributed by atoms with Crippen LogP contribution in [0.3, 0.4) is 0 Å². The zero-order chi connectivity index (χ0) is 20.5. The van der Waals surface area contributed by atoms with Crippen LogP contribution in [0.4, 0.5) is 5.69 Å². The van der Waals surface area contributed by atoms with Crippen molar-refractivity contribution in [1.82, 2.24) is 0 Å². The minimum Gasteiger partial charge on any atom is -0.268 e. The van der Waals surface area contributed by atoms with Crippen molar-refractivity contribution in [3.63, 3.8) is 0 Å². The minimum atomic E-state index is -0.0755. The van der Waals surface area contributed by atoms with Crippen LogP contribution >= 0.6 is 24.0 Å². The van der Waals surface area contributed by atoms with Gasteiger partial charge in [-0.1, -0.05) is 115 Å². The van der Waals surface area contributed by atoms with Crippen molar-refractivity contribution in [2.45, 2.75) is 0 Å². The van der Waals surface area contributed by atoms with Crippen LogP contribution in [0.5, 0.6) is 0 Å². The van der Waals surface area contributed by atoms with Crippen LogP contribution in [-0.2, 0) is 4.79 Å². The number of hydrogen-bond donors (Lipinski definition) is 0. The number of carbonyl (C=O) groups is 1. The second kappa shape index (κ2) is 7.90. The van der Waals surface area contributed by atoms with Crippen LogP contribution in [0, 0.1) is 0 Å². The van der Waals surface area contributed by atoms with Gasteiger partial charge in [-0.3, -0.25) is 9.69 Å². The molecular formula is C26H17NOS2. The molecule has 1 aliphatic rings. The van der Waals surface area contributed by atoms with Crippen LogP contribution in [0.25, 0.3) is 28.0 Å². The number of amides is 1. The Balaban J connectivity index is 1.46. The Labute approximate surface area is 184 Å². The molecule has 0 N–H and O–H groups in total. The number of thioether (sulfide) groups is 1. The number of benzene rings is 4. The number of nitrogens with zero attached hydrogens (tertiary/aromatic N) is 1. The number of anilines is 1. The maximum absolute atomic E-state index is 13.2. The van der Waals surface area contributed by atoms with Gasteiger partial charge in [-0.15, -0.1) is 0 Å². The van der Waals surface area contributed by atoms with Crippen molar-refractivity contribution in [3.05, 3.63) is 108 Å². The zero-order valence-corrected chi connectivity index (χ0v) is 17.6. The van der Waals surface area contributed by atoms with E-state index in [1.54, 1.807) is 4.90 Å². The third kappa shape index (κ3) is 3.45. The second-order valence-corrected chi connectivity index (χ2v) is 8.68. The van der Waals surface area contributed by atoms with Crippen molar-refractivity contribution >= 4 is 56.7 Å². The lowest BCUT2D eigenvalue weighted by Gasteiger charge is -2.17. The van der Waals surface area contributed by atoms with Gasteiger partial charge in [-0.2, -0.15) is 0 Å². The van der Waals surface area contributed by atoms with E-state index >= 15 is 0 Å². The molecule has 1 aliphatic heterocycles. The number of rotatable bonds is 3. The lowest BCUT2D eigenvalue weighted by Crippen LogP contribution is -2.27. The third-order valence-corrected chi connectivity index (χ3v) is 6.42. The molecule has 1 saturated heterocycles. The molecule has 0 atom stereocenters. The Hall–Kier alpha value is -3.21. The molecule has 0 aromatic heterocycles. The van der Waals surface area contributed by atoms with E-state index in [1.807, 2.05) is 78.9 Å². The van der Waals surface area contributed by atoms with E-state index in [1.165, 1.54) is 17.3 Å². The van der Waals surface area contributed by atoms with Gasteiger partial charge in [0.25, 0.3) is 5.91 Å². The first-order valence-electron chi connectivity index (χ1n) is 9.62. The van der Waals surface area contributed by atoms with Crippen LogP contribution in [-0.4, -0.2) is 10.2 Å². The lowest BCUT2D eigenvalue weighted by atomic mass is 10.0. The molecule has 2 nitrogen and oxygen atoms in total. The average molecular weight is 424 g/mol. The average Bonchev–Trinajstić information content (AvgIpc) is 3.07. The van der Waals surface area contributed by atoms with Gasteiger partial charge in [0.05, 0.1) is 10.6 Å². The van der Waals surface area contributed by atoms with E-state index in [0.29, 0.717) is 9.23 Å². The van der Waals surface area contributed by atoms with E-state index in [4.69, 9.17) is 12.2 Å². The quantitative estimate of drug-likeness (QED) is 0.264. The number of thiocarbonyl (C=S) groups is 1. The molecule has 1 heterocycles. The first kappa shape index (κ1) is 18.8. The van der Waals surface area contributed by atoms with E-state index < -0.39 is 0 Å². The summed E-state index contributed by atoms with van der Waals surface area (Å²) in [5.41, 5.74) is 4.13. The van der Waals surface area contributed by atoms with Gasteiger partial charge >= 0.3 is 0 Å². The lowest BCUT2D eigenvalue weighted by molar-refractivity contribution is -0.113. The molecule has 5 rings (SSSR count). The topological polar surface area (TPSA) is 20.3 Å². The minimum absolute atomic E-state index is 0.0755. The van der Waals surface area contributed by atoms with Gasteiger partial charge in [0.1, 0.15) is 0 Å². The summed E-state index contributed by atoms with van der Waals surface area (Å²) in [6.07, 6.45) is 1.92. The summed E-state index contributed by atoms with van der Waals surface area (Å²) in [5.74, 6) is -0.0755. The standard InChI is InChI=1S/C26H17NOS2/c28-25-24(17-18-13-15-20(16-14-18)19-7-2-1-3-8-19)30-26(29)27(25)23-12-6-10-21-9-4-5-11-22(21)23/h1-17H/b24-17+. The van der Waals surface area contributed by atoms with Crippen molar-refractivity contribution in [2.75, 3.05) is 4.90 Å². The molecule has 1 amide bonds. The molecule has 4 heteroatoms. The fourth-order valence-corrected chi connectivity index (χ4v) is 4.92. The first-order valence-corrected chi connectivity index (χ1v) is 10.8. The number of carbonyl (C=O) groups excluding carboxylic acids is 1. The summed E-state index contributed by atoms with van der Waals surface area (Å²) in [4.78, 5) is 15.5. The summed E-state index contributed by atoms with van der Waals surface area (Å²) >= 11 is 6.92. The summed E-state index contributed by atoms with van der Waals surface area (Å²) in [6.45, 7) is 0. The Morgan fingerprint density at radius 2 is 1.40 bits per heavy atom. The predicted octanol–water partition coefficient (Wildman–Crippen LogP) is 6.91. The van der Waals surface area contributed by atoms with Crippen molar-refractivity contribution in [1.29, 1.82) is 0 Å². The Bertz CT molecular complexity index is 1290. The smallest absolute Gasteiger partial charge is 0.268 e. The van der Waals surface area contributed by atoms with Gasteiger partial charge in [-0.05, 0) is 34.2 Å². The molecule has 0 aliphatic carbocycles. The summed E-state index contributed by atoms with van der Waals surface area (Å²) in [6, 6.07) is 32.5. The third-order valence-electron chi connectivity index (χ3n) is 5.12. The van der Waals surface area contributed by atoms with Crippen LogP contribution < -0.4 is 4.90 Å². The van der Waals surface area contributed by atoms with E-state index in [9.17, 15) is 4.79 Å². The first-order chi connectivity index (χ1) is 14.7. The predicted molar refractivity (Wildman–Crippen MR) is 131 cm³/mol. The molecule has 0 saturated carbocycles. The van der Waals surface area contributed by atoms with E-state index in [0.717, 1.165) is 27.6 Å². The highest BCUT2D eigenvalue weighted by Crippen LogP contribution is 2.39. The van der Waals surface area contributed by atoms with Crippen LogP contribution in [0.15, 0.2) is 102 Å². The van der Waals surface area contributed by atoms with Crippen molar-refractivity contribution < 1.29 is 4.79 Å². The number of fused-ring (bicyclic) bond motifs is 1. The fourth-order valence-electron chi connectivity index (χ4n) is 3.63. The maximum Gasteiger partial charge on any atom is 0.270 e. The molecule has 0 radical (unpaired) electrons. The molecule has 144 valence electrons. The van der Waals surface area contributed by atoms with Gasteiger partial charge in [-0.25, -0.2) is 0 Å². The molecule has 1 fully saturated rings. The fraction of sp³-hybridized carbons (Fsp3) is 0. The molecule has 0 unspecified atom stereocenters. The van der Waals surface area contributed by atoms with Crippen molar-refractivity contribution in [3.8, 4) is 11.1 Å². The summed E-state index contributed by atoms with van der Waals surface area (Å²) in [5, 5.41) is 2.11. The molecule has 4 aromatic rings. The highest BCUT2D eigenvalue weighted by Gasteiger charge is 2.34. The second-order valence-electron chi connectivity index (χ2n) is 7.00. The summed E-state index contributed by atoms with van der Waals surface area (Å²) < 4.78 is 0.559. The molecule has 4 aromatic carbocycles. The van der Waals surface area contributed by atoms with E-state index in [2.05, 4.69) is 24.3 Å². The highest BCUT2D eigenvalue weighted by atomic mass is 32.2. The Kier molecular flexibility index (Phi) is 4.95. The SMILES string of the molecule is O=C1/C(=C\c2ccc(-c3ccccc3)cc2)SC(=S)N1c1cccc2ccccc12. The monoisotopic (exact) mass is 423 g/mol. The molecule has 0 spiro atoms. The molecular weight excluding hydrogens is 406 g/mol. The van der Waals surface area contributed by atoms with Gasteiger partial charge in [0.2, 0.25) is 0 Å². The van der Waals surface area contributed by atoms with Crippen LogP contribution in [0.1, 0.15) is 5.56 Å². The van der Waals surface area contributed by atoms with Gasteiger partial charge < -0.3 is 0 Å². The normalized spacial score (nSPS) is 15.3. The highest BCUT2D eigenvalue weighted by molar-refractivity contribution is 8.27. The van der Waals surface area contributed by atoms with Crippen molar-refractivity contribution in [2.24, 2.45) is 0 Å². The Morgan fingerprint density at radius 3 is 2.20 bits per heavy atom. The van der Waals surface area contributed by atoms with Gasteiger partial charge in [0.15, 0.2) is 4.32 Å². The maximum atomic E-state index is 13.2. The zero-order valence-electron chi connectivity index (χ0n) is 16.0. The molecule has 30 heavy (non-hydrogen) atoms. The molecule has 0 bridgehead atoms. The summed E-state index contributed by atoms with van der Waals surface area (Å²) in [7, 11) is 0. The van der Waals surface area contributed by atoms with Crippen LogP contribution in [0.2, 0.25) is 0 Å². The Morgan fingerprint density at radius 1 is 0.733 bits per heavy atom. The van der Waals surface area contributed by atoms with Gasteiger partial charge in [0, 0.05) is 5.39 Å². The number of hydrogen-bond acceptors (Lipinski definition) is 3. The largest absolute Gasteiger partial charge is 0.270 e. The van der Waals surface area contributed by atoms with E-state index in [-0.39, 0.29) is 5.91 Å².